The lowest BCUT2D eigenvalue weighted by Crippen LogP contribution is -2.32. The largest absolute Gasteiger partial charge is 0.872 e. The molecule has 72 heavy (non-hydrogen) atoms. The maximum Gasteiger partial charge on any atom is 0.270 e. The molecular formula is C63H80N8O. The number of nitriles is 1. The first-order chi connectivity index (χ1) is 35.2. The van der Waals surface area contributed by atoms with Crippen LogP contribution in [-0.4, -0.2) is 36.5 Å². The molecule has 0 spiro atoms. The topological polar surface area (TPSA) is 162 Å². The van der Waals surface area contributed by atoms with Crippen molar-refractivity contribution < 1.29 is 9.68 Å². The molecule has 0 atom stereocenters. The number of allylic oxidation sites excluding steroid dienone is 3. The van der Waals surface area contributed by atoms with Gasteiger partial charge in [0.05, 0.1) is 29.5 Å². The van der Waals surface area contributed by atoms with Gasteiger partial charge >= 0.3 is 0 Å². The van der Waals surface area contributed by atoms with E-state index < -0.39 is 0 Å². The Morgan fingerprint density at radius 3 is 1.39 bits per heavy atom. The van der Waals surface area contributed by atoms with E-state index in [1.165, 1.54) is 77.0 Å². The Morgan fingerprint density at radius 1 is 0.542 bits per heavy atom. The van der Waals surface area contributed by atoms with Gasteiger partial charge in [0.1, 0.15) is 13.1 Å². The number of unbranched alkanes of at least 4 members (excludes halogenated alkanes) is 16. The molecule has 9 nitrogen and oxygen atoms in total. The van der Waals surface area contributed by atoms with E-state index in [0.717, 1.165) is 111 Å². The number of benzene rings is 5. The van der Waals surface area contributed by atoms with Gasteiger partial charge in [-0.25, -0.2) is 14.7 Å². The fourth-order valence-corrected chi connectivity index (χ4v) is 11.5. The summed E-state index contributed by atoms with van der Waals surface area (Å²) in [5.41, 5.74) is 37.6. The Morgan fingerprint density at radius 2 is 0.958 bits per heavy atom. The van der Waals surface area contributed by atoms with Gasteiger partial charge in [-0.2, -0.15) is 0 Å². The zero-order valence-electron chi connectivity index (χ0n) is 43.9. The summed E-state index contributed by atoms with van der Waals surface area (Å²) in [6.07, 6.45) is 23.1. The van der Waals surface area contributed by atoms with Gasteiger partial charge in [-0.1, -0.05) is 160 Å². The van der Waals surface area contributed by atoms with Crippen LogP contribution >= 0.6 is 0 Å². The fourth-order valence-electron chi connectivity index (χ4n) is 11.5. The van der Waals surface area contributed by atoms with Crippen LogP contribution in [-0.2, 0) is 0 Å². The molecule has 2 aliphatic rings. The smallest absolute Gasteiger partial charge is 0.270 e. The van der Waals surface area contributed by atoms with Gasteiger partial charge in [0.2, 0.25) is 5.71 Å². The Balaban J connectivity index is 1.53. The Hall–Kier alpha value is -6.71. The van der Waals surface area contributed by atoms with E-state index in [1.807, 2.05) is 48.5 Å². The number of hydrogen-bond acceptors (Lipinski definition) is 7. The second-order valence-electron chi connectivity index (χ2n) is 20.2. The zero-order chi connectivity index (χ0) is 51.1. The van der Waals surface area contributed by atoms with Crippen LogP contribution < -0.4 is 32.9 Å². The minimum absolute atomic E-state index is 0.190. The number of anilines is 5. The molecule has 0 fully saturated rings. The highest BCUT2D eigenvalue weighted by atomic mass is 16.3. The van der Waals surface area contributed by atoms with Crippen LogP contribution in [0, 0.1) is 17.9 Å². The summed E-state index contributed by atoms with van der Waals surface area (Å²) in [7, 11) is 0. The molecule has 0 saturated heterocycles. The SMILES string of the molecule is [C-]#[N+]/C(C#N)=C1\C(=C2c3c(N)cccc3C(=[N+](CCCCCCC)CCCCCCC)c3cccc(N)c32)C([O-])=C1c1c2c(N)cccc2c(N(CCCCCCC)CCCCCCC)c2cccc(N)c12. The Bertz CT molecular complexity index is 2790. The molecule has 0 saturated carbocycles. The van der Waals surface area contributed by atoms with Crippen molar-refractivity contribution in [2.24, 2.45) is 0 Å². The summed E-state index contributed by atoms with van der Waals surface area (Å²) >= 11 is 0. The molecule has 0 radical (unpaired) electrons. The summed E-state index contributed by atoms with van der Waals surface area (Å²) in [4.78, 5) is 6.39. The Kier molecular flexibility index (Phi) is 18.9. The van der Waals surface area contributed by atoms with Crippen molar-refractivity contribution in [3.05, 3.63) is 135 Å². The minimum atomic E-state index is -0.308. The van der Waals surface area contributed by atoms with Crippen molar-refractivity contribution in [3.8, 4) is 6.07 Å². The Labute approximate surface area is 430 Å². The van der Waals surface area contributed by atoms with Crippen LogP contribution in [0.25, 0.3) is 37.5 Å². The van der Waals surface area contributed by atoms with Gasteiger partial charge in [0, 0.05) is 98.1 Å². The summed E-state index contributed by atoms with van der Waals surface area (Å²) < 4.78 is 2.53. The number of fused-ring (bicyclic) bond motifs is 4. The van der Waals surface area contributed by atoms with Gasteiger partial charge in [0.25, 0.3) is 5.70 Å². The molecule has 0 bridgehead atoms. The van der Waals surface area contributed by atoms with Gasteiger partial charge < -0.3 is 32.9 Å². The van der Waals surface area contributed by atoms with Crippen LogP contribution in [0.3, 0.4) is 0 Å². The average Bonchev–Trinajstić information content (AvgIpc) is 3.37. The molecule has 9 heteroatoms. The first-order valence-electron chi connectivity index (χ1n) is 27.5. The zero-order valence-corrected chi connectivity index (χ0v) is 43.9. The average molecular weight is 965 g/mol. The second kappa shape index (κ2) is 25.6. The number of rotatable bonds is 26. The monoisotopic (exact) mass is 965 g/mol. The molecule has 378 valence electrons. The van der Waals surface area contributed by atoms with Crippen molar-refractivity contribution in [1.29, 1.82) is 5.26 Å². The molecule has 0 aliphatic heterocycles. The van der Waals surface area contributed by atoms with E-state index in [1.54, 1.807) is 0 Å². The molecule has 2 aliphatic carbocycles. The number of nitrogens with zero attached hydrogens (tertiary/aromatic N) is 4. The van der Waals surface area contributed by atoms with Crippen molar-refractivity contribution >= 4 is 66.8 Å². The molecular weight excluding hydrogens is 885 g/mol. The van der Waals surface area contributed by atoms with Gasteiger partial charge in [0.15, 0.2) is 0 Å². The van der Waals surface area contributed by atoms with Crippen LogP contribution in [0.5, 0.6) is 0 Å². The van der Waals surface area contributed by atoms with Crippen LogP contribution in [0.1, 0.15) is 184 Å². The van der Waals surface area contributed by atoms with E-state index in [2.05, 4.69) is 72.4 Å². The summed E-state index contributed by atoms with van der Waals surface area (Å²) in [5, 5.41) is 30.1. The molecule has 7 rings (SSSR count). The molecule has 0 amide bonds. The van der Waals surface area contributed by atoms with E-state index in [-0.39, 0.29) is 28.2 Å². The number of nitrogen functional groups attached to an aromatic ring is 4. The minimum Gasteiger partial charge on any atom is -0.872 e. The number of hydrogen-bond donors (Lipinski definition) is 4. The lowest BCUT2D eigenvalue weighted by Gasteiger charge is -2.41. The standard InChI is InChI=1S/C63H80N8O/c1-6-10-14-18-22-38-70(39-23-19-15-11-7-2)61-43-30-26-34-47(65)52(43)57(53-44(61)31-27-35-48(53)66)59-56(51(42-64)69-5)60(63(59)72)58-54-45(32-28-36-49(54)67)62(46-33-29-37-50(68)55(46)58)71(40-24-20-16-12-8-3)41-25-21-17-13-9-4/h26-37H,6-25,38-41,65-68H2,1-4H3. The summed E-state index contributed by atoms with van der Waals surface area (Å²) in [6.45, 7) is 21.0. The maximum absolute atomic E-state index is 16.0. The number of nitrogens with two attached hydrogens (primary N) is 4. The maximum atomic E-state index is 16.0. The van der Waals surface area contributed by atoms with Crippen molar-refractivity contribution in [2.75, 3.05) is 54.0 Å². The highest BCUT2D eigenvalue weighted by Gasteiger charge is 2.41. The summed E-state index contributed by atoms with van der Waals surface area (Å²) in [5.74, 6) is -0.308. The van der Waals surface area contributed by atoms with Crippen LogP contribution in [0.2, 0.25) is 0 Å². The highest BCUT2D eigenvalue weighted by Crippen LogP contribution is 2.57. The predicted octanol–water partition coefficient (Wildman–Crippen LogP) is 14.5. The second-order valence-corrected chi connectivity index (χ2v) is 20.2. The van der Waals surface area contributed by atoms with E-state index in [0.29, 0.717) is 55.8 Å². The normalized spacial score (nSPS) is 13.8. The molecule has 8 N–H and O–H groups in total. The summed E-state index contributed by atoms with van der Waals surface area (Å²) in [6, 6.07) is 26.1. The highest BCUT2D eigenvalue weighted by molar-refractivity contribution is 6.28. The van der Waals surface area contributed by atoms with E-state index in [4.69, 9.17) is 29.5 Å². The van der Waals surface area contributed by atoms with E-state index in [9.17, 15) is 5.26 Å². The first kappa shape index (κ1) is 53.1. The van der Waals surface area contributed by atoms with Gasteiger partial charge in [-0.05, 0) is 73.2 Å². The van der Waals surface area contributed by atoms with E-state index >= 15 is 5.11 Å². The third-order valence-corrected chi connectivity index (χ3v) is 15.1. The molecule has 0 aromatic heterocycles. The third kappa shape index (κ3) is 11.0. The van der Waals surface area contributed by atoms with Crippen LogP contribution in [0.4, 0.5) is 28.4 Å². The predicted molar refractivity (Wildman–Crippen MR) is 305 cm³/mol. The molecule has 5 aromatic carbocycles. The third-order valence-electron chi connectivity index (χ3n) is 15.1. The fraction of sp³-hybridized carbons (Fsp3) is 0.444. The van der Waals surface area contributed by atoms with Crippen molar-refractivity contribution in [2.45, 2.75) is 156 Å². The lowest BCUT2D eigenvalue weighted by molar-refractivity contribution is -0.528. The van der Waals surface area contributed by atoms with Crippen LogP contribution in [0.15, 0.2) is 95.4 Å². The van der Waals surface area contributed by atoms with Crippen molar-refractivity contribution in [1.82, 2.24) is 0 Å². The molecule has 5 aromatic rings. The molecule has 0 unspecified atom stereocenters. The quantitative estimate of drug-likeness (QED) is 0.0105. The molecule has 0 heterocycles. The van der Waals surface area contributed by atoms with Crippen molar-refractivity contribution in [3.63, 3.8) is 0 Å². The van der Waals surface area contributed by atoms with Gasteiger partial charge in [-0.15, -0.1) is 0 Å². The first-order valence-corrected chi connectivity index (χ1v) is 27.5. The van der Waals surface area contributed by atoms with Gasteiger partial charge in [-0.3, -0.25) is 0 Å². The lowest BCUT2D eigenvalue weighted by atomic mass is 9.68.